The minimum Gasteiger partial charge on any atom is -0.313 e. The Bertz CT molecular complexity index is 205. The zero-order valence-electron chi connectivity index (χ0n) is 9.51. The van der Waals surface area contributed by atoms with Gasteiger partial charge in [0.1, 0.15) is 0 Å². The smallest absolute Gasteiger partial charge is 0.0712 e. The molecule has 1 fully saturated rings. The predicted molar refractivity (Wildman–Crippen MR) is 61.1 cm³/mol. The number of rotatable bonds is 3. The van der Waals surface area contributed by atoms with E-state index in [2.05, 4.69) is 37.3 Å². The molecule has 14 heavy (non-hydrogen) atoms. The van der Waals surface area contributed by atoms with Crippen molar-refractivity contribution >= 4 is 0 Å². The molecule has 1 heterocycles. The van der Waals surface area contributed by atoms with Crippen molar-refractivity contribution in [3.63, 3.8) is 0 Å². The first-order valence-electron chi connectivity index (χ1n) is 5.60. The largest absolute Gasteiger partial charge is 0.313 e. The van der Waals surface area contributed by atoms with Gasteiger partial charge < -0.3 is 5.32 Å². The highest BCUT2D eigenvalue weighted by atomic mass is 15.0. The molecule has 80 valence electrons. The van der Waals surface area contributed by atoms with Gasteiger partial charge in [-0.25, -0.2) is 0 Å². The van der Waals surface area contributed by atoms with Crippen LogP contribution in [0.25, 0.3) is 0 Å². The van der Waals surface area contributed by atoms with Gasteiger partial charge in [-0.05, 0) is 32.2 Å². The lowest BCUT2D eigenvalue weighted by Crippen LogP contribution is -2.53. The van der Waals surface area contributed by atoms with Crippen molar-refractivity contribution < 1.29 is 0 Å². The van der Waals surface area contributed by atoms with Crippen LogP contribution in [0.15, 0.2) is 0 Å². The van der Waals surface area contributed by atoms with Gasteiger partial charge in [0.2, 0.25) is 0 Å². The van der Waals surface area contributed by atoms with Crippen LogP contribution >= 0.6 is 0 Å². The summed E-state index contributed by atoms with van der Waals surface area (Å²) >= 11 is 0. The molecular formula is C12H22N2. The zero-order chi connectivity index (χ0) is 10.6. The summed E-state index contributed by atoms with van der Waals surface area (Å²) < 4.78 is 0. The van der Waals surface area contributed by atoms with E-state index in [-0.39, 0.29) is 6.04 Å². The molecule has 0 saturated carbocycles. The molecule has 0 aliphatic carbocycles. The van der Waals surface area contributed by atoms with E-state index in [1.807, 2.05) is 0 Å². The molecule has 2 heteroatoms. The van der Waals surface area contributed by atoms with E-state index in [0.717, 1.165) is 6.54 Å². The molecule has 0 amide bonds. The standard InChI is InChI=1S/C12H22N2/c1-5-11(9(2)3)14-12-7-6-8-13-10(12)4/h1,9-14H,6-8H2,2-4H3. The summed E-state index contributed by atoms with van der Waals surface area (Å²) in [7, 11) is 0. The number of hydrogen-bond donors (Lipinski definition) is 2. The van der Waals surface area contributed by atoms with Crippen molar-refractivity contribution in [2.75, 3.05) is 6.54 Å². The second-order valence-corrected chi connectivity index (χ2v) is 4.55. The summed E-state index contributed by atoms with van der Waals surface area (Å²) in [5.41, 5.74) is 0. The van der Waals surface area contributed by atoms with Gasteiger partial charge in [0.15, 0.2) is 0 Å². The van der Waals surface area contributed by atoms with Gasteiger partial charge in [-0.1, -0.05) is 19.8 Å². The topological polar surface area (TPSA) is 24.1 Å². The summed E-state index contributed by atoms with van der Waals surface area (Å²) in [5, 5.41) is 7.03. The normalized spacial score (nSPS) is 29.9. The first-order chi connectivity index (χ1) is 6.65. The lowest BCUT2D eigenvalue weighted by molar-refractivity contribution is 0.288. The van der Waals surface area contributed by atoms with Crippen LogP contribution in [-0.4, -0.2) is 24.7 Å². The molecular weight excluding hydrogens is 172 g/mol. The monoisotopic (exact) mass is 194 g/mol. The van der Waals surface area contributed by atoms with Crippen LogP contribution < -0.4 is 10.6 Å². The van der Waals surface area contributed by atoms with E-state index < -0.39 is 0 Å². The third-order valence-electron chi connectivity index (χ3n) is 3.00. The van der Waals surface area contributed by atoms with Crippen LogP contribution in [0.1, 0.15) is 33.6 Å². The third-order valence-corrected chi connectivity index (χ3v) is 3.00. The molecule has 0 aromatic rings. The maximum absolute atomic E-state index is 5.50. The maximum atomic E-state index is 5.50. The Labute approximate surface area is 87.8 Å². The second-order valence-electron chi connectivity index (χ2n) is 4.55. The maximum Gasteiger partial charge on any atom is 0.0712 e. The van der Waals surface area contributed by atoms with Gasteiger partial charge in [-0.3, -0.25) is 5.32 Å². The first kappa shape index (κ1) is 11.6. The second kappa shape index (κ2) is 5.38. The Balaban J connectivity index is 2.45. The third kappa shape index (κ3) is 3.01. The highest BCUT2D eigenvalue weighted by molar-refractivity contribution is 5.02. The SMILES string of the molecule is C#CC(NC1CCCNC1C)C(C)C. The van der Waals surface area contributed by atoms with Gasteiger partial charge in [0, 0.05) is 12.1 Å². The van der Waals surface area contributed by atoms with E-state index in [0.29, 0.717) is 18.0 Å². The van der Waals surface area contributed by atoms with E-state index >= 15 is 0 Å². The fourth-order valence-corrected chi connectivity index (χ4v) is 1.94. The molecule has 3 unspecified atom stereocenters. The van der Waals surface area contributed by atoms with E-state index in [1.165, 1.54) is 12.8 Å². The Morgan fingerprint density at radius 1 is 1.50 bits per heavy atom. The molecule has 1 rings (SSSR count). The van der Waals surface area contributed by atoms with Crippen LogP contribution in [0.5, 0.6) is 0 Å². The number of piperidine rings is 1. The fourth-order valence-electron chi connectivity index (χ4n) is 1.94. The quantitative estimate of drug-likeness (QED) is 0.663. The highest BCUT2D eigenvalue weighted by Crippen LogP contribution is 2.11. The summed E-state index contributed by atoms with van der Waals surface area (Å²) in [6.45, 7) is 7.70. The van der Waals surface area contributed by atoms with E-state index in [4.69, 9.17) is 6.42 Å². The van der Waals surface area contributed by atoms with Gasteiger partial charge in [0.05, 0.1) is 6.04 Å². The Morgan fingerprint density at radius 3 is 2.71 bits per heavy atom. The molecule has 2 nitrogen and oxygen atoms in total. The van der Waals surface area contributed by atoms with Crippen LogP contribution in [-0.2, 0) is 0 Å². The number of terminal acetylenes is 1. The number of hydrogen-bond acceptors (Lipinski definition) is 2. The van der Waals surface area contributed by atoms with Gasteiger partial charge in [0.25, 0.3) is 0 Å². The minimum atomic E-state index is 0.211. The molecule has 0 radical (unpaired) electrons. The van der Waals surface area contributed by atoms with Crippen molar-refractivity contribution in [2.45, 2.75) is 51.7 Å². The summed E-state index contributed by atoms with van der Waals surface area (Å²) in [6.07, 6.45) is 7.99. The minimum absolute atomic E-state index is 0.211. The lowest BCUT2D eigenvalue weighted by Gasteiger charge is -2.33. The Kier molecular flexibility index (Phi) is 4.44. The van der Waals surface area contributed by atoms with E-state index in [9.17, 15) is 0 Å². The average molecular weight is 194 g/mol. The van der Waals surface area contributed by atoms with Crippen LogP contribution in [0.3, 0.4) is 0 Å². The molecule has 0 aromatic carbocycles. The van der Waals surface area contributed by atoms with Crippen LogP contribution in [0, 0.1) is 18.3 Å². The lowest BCUT2D eigenvalue weighted by atomic mass is 9.96. The van der Waals surface area contributed by atoms with Crippen molar-refractivity contribution in [2.24, 2.45) is 5.92 Å². The highest BCUT2D eigenvalue weighted by Gasteiger charge is 2.23. The van der Waals surface area contributed by atoms with Crippen molar-refractivity contribution in [3.05, 3.63) is 0 Å². The molecule has 3 atom stereocenters. The van der Waals surface area contributed by atoms with E-state index in [1.54, 1.807) is 0 Å². The predicted octanol–water partition coefficient (Wildman–Crippen LogP) is 1.37. The van der Waals surface area contributed by atoms with Crippen molar-refractivity contribution in [1.82, 2.24) is 10.6 Å². The van der Waals surface area contributed by atoms with Gasteiger partial charge >= 0.3 is 0 Å². The first-order valence-corrected chi connectivity index (χ1v) is 5.60. The molecule has 0 bridgehead atoms. The fraction of sp³-hybridized carbons (Fsp3) is 0.833. The molecule has 0 spiro atoms. The molecule has 2 N–H and O–H groups in total. The number of nitrogens with one attached hydrogen (secondary N) is 2. The molecule has 1 saturated heterocycles. The van der Waals surface area contributed by atoms with Crippen molar-refractivity contribution in [1.29, 1.82) is 0 Å². The average Bonchev–Trinajstić information content (AvgIpc) is 2.16. The molecule has 1 aliphatic rings. The van der Waals surface area contributed by atoms with Gasteiger partial charge in [-0.15, -0.1) is 6.42 Å². The molecule has 1 aliphatic heterocycles. The summed E-state index contributed by atoms with van der Waals surface area (Å²) in [4.78, 5) is 0. The molecule has 0 aromatic heterocycles. The van der Waals surface area contributed by atoms with Crippen molar-refractivity contribution in [3.8, 4) is 12.3 Å². The summed E-state index contributed by atoms with van der Waals surface area (Å²) in [6, 6.07) is 1.29. The van der Waals surface area contributed by atoms with Gasteiger partial charge in [-0.2, -0.15) is 0 Å². The summed E-state index contributed by atoms with van der Waals surface area (Å²) in [5.74, 6) is 3.34. The zero-order valence-corrected chi connectivity index (χ0v) is 9.51. The Morgan fingerprint density at radius 2 is 2.21 bits per heavy atom. The van der Waals surface area contributed by atoms with Crippen LogP contribution in [0.4, 0.5) is 0 Å². The Hall–Kier alpha value is -0.520. The van der Waals surface area contributed by atoms with Crippen LogP contribution in [0.2, 0.25) is 0 Å².